The van der Waals surface area contributed by atoms with E-state index in [1.165, 1.54) is 17.5 Å². The van der Waals surface area contributed by atoms with Crippen LogP contribution in [0.4, 0.5) is 11.5 Å². The van der Waals surface area contributed by atoms with Crippen LogP contribution in [-0.4, -0.2) is 13.4 Å². The Morgan fingerprint density at radius 2 is 2.12 bits per heavy atom. The summed E-state index contributed by atoms with van der Waals surface area (Å²) in [5.74, 6) is 0.151. The molecule has 7 heteroatoms. The molecule has 0 fully saturated rings. The van der Waals surface area contributed by atoms with E-state index in [4.69, 9.17) is 5.73 Å². The highest BCUT2D eigenvalue weighted by molar-refractivity contribution is 7.94. The Bertz CT molecular complexity index is 635. The molecule has 2 heterocycles. The van der Waals surface area contributed by atoms with Gasteiger partial charge in [-0.15, -0.1) is 11.3 Å². The molecule has 17 heavy (non-hydrogen) atoms. The SMILES string of the molecule is Cc1ccc(S(=O)(=O)Nc2ncccc2N)s1. The minimum atomic E-state index is -3.59. The Morgan fingerprint density at radius 3 is 2.71 bits per heavy atom. The zero-order valence-corrected chi connectivity index (χ0v) is 10.7. The van der Waals surface area contributed by atoms with Gasteiger partial charge in [-0.25, -0.2) is 13.4 Å². The topological polar surface area (TPSA) is 85.1 Å². The average Bonchev–Trinajstić information content (AvgIpc) is 2.69. The second-order valence-electron chi connectivity index (χ2n) is 3.41. The molecule has 2 aromatic heterocycles. The summed E-state index contributed by atoms with van der Waals surface area (Å²) in [7, 11) is -3.59. The lowest BCUT2D eigenvalue weighted by Crippen LogP contribution is -2.13. The van der Waals surface area contributed by atoms with Crippen molar-refractivity contribution in [1.29, 1.82) is 0 Å². The quantitative estimate of drug-likeness (QED) is 0.890. The van der Waals surface area contributed by atoms with Gasteiger partial charge in [0.2, 0.25) is 0 Å². The minimum Gasteiger partial charge on any atom is -0.396 e. The lowest BCUT2D eigenvalue weighted by atomic mass is 10.4. The van der Waals surface area contributed by atoms with Crippen LogP contribution in [0.1, 0.15) is 4.88 Å². The monoisotopic (exact) mass is 269 g/mol. The molecule has 0 spiro atoms. The molecule has 2 aromatic rings. The summed E-state index contributed by atoms with van der Waals surface area (Å²) < 4.78 is 26.6. The lowest BCUT2D eigenvalue weighted by Gasteiger charge is -2.06. The molecule has 0 saturated carbocycles. The van der Waals surface area contributed by atoms with Crippen molar-refractivity contribution < 1.29 is 8.42 Å². The maximum Gasteiger partial charge on any atom is 0.272 e. The third-order valence-electron chi connectivity index (χ3n) is 2.05. The predicted molar refractivity (Wildman–Crippen MR) is 68.5 cm³/mol. The van der Waals surface area contributed by atoms with Crippen molar-refractivity contribution in [3.8, 4) is 0 Å². The van der Waals surface area contributed by atoms with Gasteiger partial charge in [-0.2, -0.15) is 0 Å². The Morgan fingerprint density at radius 1 is 1.35 bits per heavy atom. The van der Waals surface area contributed by atoms with Crippen LogP contribution in [0.5, 0.6) is 0 Å². The highest BCUT2D eigenvalue weighted by Gasteiger charge is 2.17. The Balaban J connectivity index is 2.33. The van der Waals surface area contributed by atoms with Gasteiger partial charge in [0.05, 0.1) is 5.69 Å². The number of nitrogens with zero attached hydrogens (tertiary/aromatic N) is 1. The van der Waals surface area contributed by atoms with Crippen molar-refractivity contribution >= 4 is 32.9 Å². The highest BCUT2D eigenvalue weighted by Crippen LogP contribution is 2.24. The molecule has 5 nitrogen and oxygen atoms in total. The van der Waals surface area contributed by atoms with Gasteiger partial charge in [0.1, 0.15) is 4.21 Å². The summed E-state index contributed by atoms with van der Waals surface area (Å²) in [5.41, 5.74) is 5.92. The molecule has 90 valence electrons. The molecule has 0 aliphatic rings. The largest absolute Gasteiger partial charge is 0.396 e. The molecule has 0 unspecified atom stereocenters. The van der Waals surface area contributed by atoms with Crippen LogP contribution < -0.4 is 10.5 Å². The first-order valence-electron chi connectivity index (χ1n) is 4.79. The molecule has 0 atom stereocenters. The average molecular weight is 269 g/mol. The van der Waals surface area contributed by atoms with Crippen LogP contribution in [0, 0.1) is 6.92 Å². The number of aromatic nitrogens is 1. The fraction of sp³-hybridized carbons (Fsp3) is 0.100. The van der Waals surface area contributed by atoms with Crippen molar-refractivity contribution in [3.63, 3.8) is 0 Å². The fourth-order valence-electron chi connectivity index (χ4n) is 1.24. The normalized spacial score (nSPS) is 11.4. The van der Waals surface area contributed by atoms with Crippen LogP contribution in [0.2, 0.25) is 0 Å². The first-order chi connectivity index (χ1) is 7.99. The third-order valence-corrected chi connectivity index (χ3v) is 4.88. The molecular formula is C10H11N3O2S2. The molecule has 0 amide bonds. The van der Waals surface area contributed by atoms with Gasteiger partial charge in [0, 0.05) is 11.1 Å². The molecular weight excluding hydrogens is 258 g/mol. The van der Waals surface area contributed by atoms with E-state index in [1.807, 2.05) is 6.92 Å². The molecule has 2 rings (SSSR count). The molecule has 0 aliphatic carbocycles. The molecule has 0 aliphatic heterocycles. The van der Waals surface area contributed by atoms with Crippen molar-refractivity contribution in [2.45, 2.75) is 11.1 Å². The summed E-state index contributed by atoms with van der Waals surface area (Å²) >= 11 is 1.20. The first kappa shape index (κ1) is 11.9. The van der Waals surface area contributed by atoms with Crippen molar-refractivity contribution in [2.24, 2.45) is 0 Å². The number of hydrogen-bond donors (Lipinski definition) is 2. The Kier molecular flexibility index (Phi) is 3.03. The number of nitrogens with two attached hydrogens (primary N) is 1. The molecule has 0 bridgehead atoms. The fourth-order valence-corrected chi connectivity index (χ4v) is 3.56. The van der Waals surface area contributed by atoms with E-state index < -0.39 is 10.0 Å². The number of nitrogen functional groups attached to an aromatic ring is 1. The highest BCUT2D eigenvalue weighted by atomic mass is 32.2. The number of pyridine rings is 1. The number of thiophene rings is 1. The predicted octanol–water partition coefficient (Wildman–Crippen LogP) is 1.83. The van der Waals surface area contributed by atoms with Gasteiger partial charge < -0.3 is 5.73 Å². The summed E-state index contributed by atoms with van der Waals surface area (Å²) in [6, 6.07) is 6.54. The zero-order chi connectivity index (χ0) is 12.5. The van der Waals surface area contributed by atoms with Crippen LogP contribution in [-0.2, 0) is 10.0 Å². The molecule has 3 N–H and O–H groups in total. The zero-order valence-electron chi connectivity index (χ0n) is 9.04. The van der Waals surface area contributed by atoms with Gasteiger partial charge in [0.25, 0.3) is 10.0 Å². The van der Waals surface area contributed by atoms with E-state index in [-0.39, 0.29) is 10.0 Å². The Hall–Kier alpha value is -1.60. The maximum absolute atomic E-state index is 12.0. The second kappa shape index (κ2) is 4.34. The van der Waals surface area contributed by atoms with Crippen LogP contribution in [0.3, 0.4) is 0 Å². The second-order valence-corrected chi connectivity index (χ2v) is 6.61. The van der Waals surface area contributed by atoms with Crippen molar-refractivity contribution in [1.82, 2.24) is 4.98 Å². The van der Waals surface area contributed by atoms with Crippen molar-refractivity contribution in [2.75, 3.05) is 10.5 Å². The van der Waals surface area contributed by atoms with Crippen LogP contribution in [0.25, 0.3) is 0 Å². The van der Waals surface area contributed by atoms with E-state index in [0.29, 0.717) is 5.69 Å². The van der Waals surface area contributed by atoms with Gasteiger partial charge >= 0.3 is 0 Å². The number of anilines is 2. The van der Waals surface area contributed by atoms with E-state index in [2.05, 4.69) is 9.71 Å². The number of rotatable bonds is 3. The third kappa shape index (κ3) is 2.56. The van der Waals surface area contributed by atoms with Crippen molar-refractivity contribution in [3.05, 3.63) is 35.3 Å². The van der Waals surface area contributed by atoms with Gasteiger partial charge in [0.15, 0.2) is 5.82 Å². The van der Waals surface area contributed by atoms with E-state index in [1.54, 1.807) is 24.3 Å². The molecule has 0 saturated heterocycles. The molecule has 0 radical (unpaired) electrons. The summed E-state index contributed by atoms with van der Waals surface area (Å²) in [6.07, 6.45) is 1.48. The van der Waals surface area contributed by atoms with E-state index >= 15 is 0 Å². The number of nitrogens with one attached hydrogen (secondary N) is 1. The van der Waals surface area contributed by atoms with Crippen LogP contribution >= 0.6 is 11.3 Å². The number of hydrogen-bond acceptors (Lipinski definition) is 5. The standard InChI is InChI=1S/C10H11N3O2S2/c1-7-4-5-9(16-7)17(14,15)13-10-8(11)3-2-6-12-10/h2-6H,11H2,1H3,(H,12,13). The number of sulfonamides is 1. The lowest BCUT2D eigenvalue weighted by molar-refractivity contribution is 0.603. The maximum atomic E-state index is 12.0. The van der Waals surface area contributed by atoms with E-state index in [9.17, 15) is 8.42 Å². The summed E-state index contributed by atoms with van der Waals surface area (Å²) in [4.78, 5) is 4.82. The summed E-state index contributed by atoms with van der Waals surface area (Å²) in [5, 5.41) is 0. The van der Waals surface area contributed by atoms with Gasteiger partial charge in [-0.1, -0.05) is 0 Å². The van der Waals surface area contributed by atoms with Gasteiger partial charge in [-0.05, 0) is 31.2 Å². The van der Waals surface area contributed by atoms with Gasteiger partial charge in [-0.3, -0.25) is 4.72 Å². The first-order valence-corrected chi connectivity index (χ1v) is 7.09. The Labute approximate surface area is 103 Å². The van der Waals surface area contributed by atoms with Crippen LogP contribution in [0.15, 0.2) is 34.7 Å². The summed E-state index contributed by atoms with van der Waals surface area (Å²) in [6.45, 7) is 1.85. The number of aryl methyl sites for hydroxylation is 1. The smallest absolute Gasteiger partial charge is 0.272 e. The molecule has 0 aromatic carbocycles. The van der Waals surface area contributed by atoms with E-state index in [0.717, 1.165) is 4.88 Å². The minimum absolute atomic E-state index is 0.151.